The molecule has 0 bridgehead atoms. The molecule has 0 spiro atoms. The Hall–Kier alpha value is -2.26. The average Bonchev–Trinajstić information content (AvgIpc) is 2.40. The Morgan fingerprint density at radius 3 is 2.80 bits per heavy atom. The number of nitrogens with zero attached hydrogens (tertiary/aromatic N) is 3. The fourth-order valence-corrected chi connectivity index (χ4v) is 1.79. The van der Waals surface area contributed by atoms with Crippen LogP contribution in [0.3, 0.4) is 0 Å². The van der Waals surface area contributed by atoms with Gasteiger partial charge in [-0.3, -0.25) is 0 Å². The largest absolute Gasteiger partial charge is 0.417 e. The van der Waals surface area contributed by atoms with E-state index < -0.39 is 6.61 Å². The first-order chi connectivity index (χ1) is 9.51. The molecule has 0 unspecified atom stereocenters. The molecule has 0 aliphatic rings. The fraction of sp³-hybridized carbons (Fsp3) is 0.154. The molecule has 102 valence electrons. The van der Waals surface area contributed by atoms with Crippen molar-refractivity contribution in [3.8, 4) is 23.2 Å². The van der Waals surface area contributed by atoms with Gasteiger partial charge >= 0.3 is 6.61 Å². The van der Waals surface area contributed by atoms with Gasteiger partial charge in [0.05, 0.1) is 11.3 Å². The molecule has 0 atom stereocenters. The van der Waals surface area contributed by atoms with E-state index in [4.69, 9.17) is 16.9 Å². The van der Waals surface area contributed by atoms with Crippen molar-refractivity contribution in [2.75, 3.05) is 0 Å². The third-order valence-electron chi connectivity index (χ3n) is 2.52. The van der Waals surface area contributed by atoms with Gasteiger partial charge < -0.3 is 4.74 Å². The summed E-state index contributed by atoms with van der Waals surface area (Å²) in [6, 6.07) is 6.28. The first-order valence-corrected chi connectivity index (χ1v) is 5.87. The zero-order valence-corrected chi connectivity index (χ0v) is 11.0. The summed E-state index contributed by atoms with van der Waals surface area (Å²) in [6.45, 7) is -1.25. The zero-order chi connectivity index (χ0) is 14.7. The van der Waals surface area contributed by atoms with Gasteiger partial charge in [-0.15, -0.1) is 0 Å². The Kier molecular flexibility index (Phi) is 4.11. The number of hydrogen-bond acceptors (Lipinski definition) is 4. The number of alkyl halides is 2. The Balaban J connectivity index is 2.57. The molecule has 2 aromatic rings. The highest BCUT2D eigenvalue weighted by Gasteiger charge is 2.14. The summed E-state index contributed by atoms with van der Waals surface area (Å²) in [7, 11) is 0. The molecular formula is C13H8ClF2N3O. The molecule has 0 aliphatic heterocycles. The molecule has 2 aromatic heterocycles. The maximum absolute atomic E-state index is 12.2. The van der Waals surface area contributed by atoms with Crippen LogP contribution < -0.4 is 4.74 Å². The van der Waals surface area contributed by atoms with E-state index >= 15 is 0 Å². The molecule has 0 amide bonds. The molecule has 0 saturated carbocycles. The van der Waals surface area contributed by atoms with Crippen molar-refractivity contribution in [1.29, 1.82) is 5.26 Å². The Bertz CT molecular complexity index is 686. The van der Waals surface area contributed by atoms with E-state index in [0.717, 1.165) is 0 Å². The highest BCUT2D eigenvalue weighted by Crippen LogP contribution is 2.28. The second-order valence-corrected chi connectivity index (χ2v) is 4.25. The van der Waals surface area contributed by atoms with Gasteiger partial charge in [0, 0.05) is 17.8 Å². The molecule has 0 N–H and O–H groups in total. The molecule has 4 nitrogen and oxygen atoms in total. The van der Waals surface area contributed by atoms with E-state index in [1.165, 1.54) is 24.4 Å². The number of ether oxygens (including phenoxy) is 1. The van der Waals surface area contributed by atoms with Gasteiger partial charge in [-0.2, -0.15) is 14.0 Å². The van der Waals surface area contributed by atoms with Crippen LogP contribution in [0, 0.1) is 18.3 Å². The number of halogens is 3. The van der Waals surface area contributed by atoms with Crippen LogP contribution in [0.5, 0.6) is 5.88 Å². The number of pyridine rings is 2. The van der Waals surface area contributed by atoms with Crippen LogP contribution in [-0.4, -0.2) is 16.6 Å². The van der Waals surface area contributed by atoms with Crippen molar-refractivity contribution < 1.29 is 13.5 Å². The minimum Gasteiger partial charge on any atom is -0.417 e. The lowest BCUT2D eigenvalue weighted by molar-refractivity contribution is -0.0528. The maximum atomic E-state index is 12.2. The second-order valence-electron chi connectivity index (χ2n) is 3.86. The lowest BCUT2D eigenvalue weighted by Gasteiger charge is -2.10. The van der Waals surface area contributed by atoms with Crippen molar-refractivity contribution in [2.24, 2.45) is 0 Å². The minimum absolute atomic E-state index is 0.201. The lowest BCUT2D eigenvalue weighted by atomic mass is 10.0. The SMILES string of the molecule is Cc1cnc(OC(F)F)cc1-c1nc(Cl)ccc1C#N. The van der Waals surface area contributed by atoms with Crippen LogP contribution in [-0.2, 0) is 0 Å². The third kappa shape index (κ3) is 3.00. The zero-order valence-electron chi connectivity index (χ0n) is 10.3. The molecule has 0 fully saturated rings. The lowest BCUT2D eigenvalue weighted by Crippen LogP contribution is -2.04. The quantitative estimate of drug-likeness (QED) is 0.812. The Morgan fingerprint density at radius 2 is 2.15 bits per heavy atom. The van der Waals surface area contributed by atoms with E-state index in [-0.39, 0.29) is 16.6 Å². The van der Waals surface area contributed by atoms with Crippen LogP contribution in [0.15, 0.2) is 24.4 Å². The van der Waals surface area contributed by atoms with E-state index in [1.54, 1.807) is 6.92 Å². The molecule has 20 heavy (non-hydrogen) atoms. The van der Waals surface area contributed by atoms with Gasteiger partial charge in [-0.05, 0) is 24.6 Å². The van der Waals surface area contributed by atoms with Crippen molar-refractivity contribution in [1.82, 2.24) is 9.97 Å². The minimum atomic E-state index is -2.97. The number of hydrogen-bond donors (Lipinski definition) is 0. The van der Waals surface area contributed by atoms with Crippen molar-refractivity contribution in [3.63, 3.8) is 0 Å². The van der Waals surface area contributed by atoms with E-state index in [2.05, 4.69) is 14.7 Å². The highest BCUT2D eigenvalue weighted by atomic mass is 35.5. The summed E-state index contributed by atoms with van der Waals surface area (Å²) in [5.74, 6) is -0.244. The van der Waals surface area contributed by atoms with Crippen molar-refractivity contribution in [3.05, 3.63) is 40.7 Å². The van der Waals surface area contributed by atoms with Crippen LogP contribution in [0.2, 0.25) is 5.15 Å². The summed E-state index contributed by atoms with van der Waals surface area (Å²) < 4.78 is 28.7. The molecule has 7 heteroatoms. The average molecular weight is 296 g/mol. The van der Waals surface area contributed by atoms with Gasteiger partial charge in [-0.25, -0.2) is 9.97 Å². The van der Waals surface area contributed by atoms with E-state index in [0.29, 0.717) is 16.8 Å². The van der Waals surface area contributed by atoms with Crippen LogP contribution in [0.25, 0.3) is 11.3 Å². The predicted octanol–water partition coefficient (Wildman–Crippen LogP) is 3.58. The van der Waals surface area contributed by atoms with E-state index in [1.807, 2.05) is 6.07 Å². The summed E-state index contributed by atoms with van der Waals surface area (Å²) in [4.78, 5) is 7.80. The standard InChI is InChI=1S/C13H8ClF2N3O/c1-7-6-18-11(20-13(15)16)4-9(7)12-8(5-17)2-3-10(14)19-12/h2-4,6,13H,1H3. The topological polar surface area (TPSA) is 58.8 Å². The van der Waals surface area contributed by atoms with Gasteiger partial charge in [0.2, 0.25) is 5.88 Å². The van der Waals surface area contributed by atoms with E-state index in [9.17, 15) is 8.78 Å². The molecule has 0 aromatic carbocycles. The number of nitriles is 1. The van der Waals surface area contributed by atoms with Gasteiger partial charge in [-0.1, -0.05) is 11.6 Å². The van der Waals surface area contributed by atoms with Crippen molar-refractivity contribution in [2.45, 2.75) is 13.5 Å². The molecule has 2 heterocycles. The highest BCUT2D eigenvalue weighted by molar-refractivity contribution is 6.29. The first-order valence-electron chi connectivity index (χ1n) is 5.49. The summed E-state index contributed by atoms with van der Waals surface area (Å²) in [5.41, 5.74) is 1.72. The first kappa shape index (κ1) is 14.2. The summed E-state index contributed by atoms with van der Waals surface area (Å²) in [5, 5.41) is 9.28. The van der Waals surface area contributed by atoms with Crippen LogP contribution >= 0.6 is 11.6 Å². The Labute approximate surface area is 118 Å². The van der Waals surface area contributed by atoms with Crippen LogP contribution in [0.4, 0.5) is 8.78 Å². The monoisotopic (exact) mass is 295 g/mol. The molecule has 0 saturated heterocycles. The third-order valence-corrected chi connectivity index (χ3v) is 2.74. The molecular weight excluding hydrogens is 288 g/mol. The molecule has 0 aliphatic carbocycles. The Morgan fingerprint density at radius 1 is 1.40 bits per heavy atom. The summed E-state index contributed by atoms with van der Waals surface area (Å²) >= 11 is 5.81. The van der Waals surface area contributed by atoms with Crippen LogP contribution in [0.1, 0.15) is 11.1 Å². The molecule has 0 radical (unpaired) electrons. The number of aryl methyl sites for hydroxylation is 1. The predicted molar refractivity (Wildman–Crippen MR) is 68.6 cm³/mol. The second kappa shape index (κ2) is 5.80. The fourth-order valence-electron chi connectivity index (χ4n) is 1.65. The van der Waals surface area contributed by atoms with Gasteiger partial charge in [0.25, 0.3) is 0 Å². The smallest absolute Gasteiger partial charge is 0.388 e. The normalized spacial score (nSPS) is 10.4. The van der Waals surface area contributed by atoms with Gasteiger partial charge in [0.15, 0.2) is 0 Å². The van der Waals surface area contributed by atoms with Gasteiger partial charge in [0.1, 0.15) is 11.2 Å². The number of aromatic nitrogens is 2. The number of rotatable bonds is 3. The van der Waals surface area contributed by atoms with Crippen molar-refractivity contribution >= 4 is 11.6 Å². The summed E-state index contributed by atoms with van der Waals surface area (Å²) in [6.07, 6.45) is 1.37. The maximum Gasteiger partial charge on any atom is 0.388 e. The molecule has 2 rings (SSSR count).